The number of nitrogens with two attached hydrogens (primary N) is 1. The molecule has 0 saturated carbocycles. The van der Waals surface area contributed by atoms with E-state index < -0.39 is 0 Å². The van der Waals surface area contributed by atoms with Crippen LogP contribution in [0.25, 0.3) is 0 Å². The Labute approximate surface area is 107 Å². The highest BCUT2D eigenvalue weighted by Gasteiger charge is 2.04. The Hall–Kier alpha value is -0.780. The molecule has 0 unspecified atom stereocenters. The van der Waals surface area contributed by atoms with Gasteiger partial charge >= 0.3 is 0 Å². The first-order valence-electron chi connectivity index (χ1n) is 4.62. The van der Waals surface area contributed by atoms with E-state index in [0.29, 0.717) is 4.47 Å². The van der Waals surface area contributed by atoms with Gasteiger partial charge in [-0.05, 0) is 42.3 Å². The normalized spacial score (nSPS) is 10.6. The van der Waals surface area contributed by atoms with Crippen LogP contribution in [0.3, 0.4) is 0 Å². The first-order valence-corrected chi connectivity index (χ1v) is 6.80. The summed E-state index contributed by atoms with van der Waals surface area (Å²) in [5.74, 6) is 0.787. The van der Waals surface area contributed by atoms with Crippen molar-refractivity contribution >= 4 is 40.4 Å². The van der Waals surface area contributed by atoms with Crippen LogP contribution in [0.15, 0.2) is 23.1 Å². The molecule has 16 heavy (non-hydrogen) atoms. The average molecular weight is 272 g/mol. The van der Waals surface area contributed by atoms with Crippen LogP contribution in [0.1, 0.15) is 10.6 Å². The first kappa shape index (κ1) is 11.7. The lowest BCUT2D eigenvalue weighted by Crippen LogP contribution is -1.87. The SMILES string of the molecule is Cc1cc(N)ccc1SCc1nnc(Cl)s1. The lowest BCUT2D eigenvalue weighted by Gasteiger charge is -2.04. The van der Waals surface area contributed by atoms with E-state index in [2.05, 4.69) is 10.2 Å². The van der Waals surface area contributed by atoms with Crippen molar-refractivity contribution in [2.24, 2.45) is 0 Å². The highest BCUT2D eigenvalue weighted by molar-refractivity contribution is 7.98. The summed E-state index contributed by atoms with van der Waals surface area (Å²) < 4.78 is 0.490. The number of hydrogen-bond acceptors (Lipinski definition) is 5. The molecule has 0 saturated heterocycles. The van der Waals surface area contributed by atoms with E-state index >= 15 is 0 Å². The number of thioether (sulfide) groups is 1. The van der Waals surface area contributed by atoms with Crippen molar-refractivity contribution in [2.75, 3.05) is 5.73 Å². The molecule has 3 nitrogen and oxygen atoms in total. The van der Waals surface area contributed by atoms with Crippen LogP contribution in [-0.4, -0.2) is 10.2 Å². The molecule has 0 bridgehead atoms. The number of halogens is 1. The van der Waals surface area contributed by atoms with Gasteiger partial charge < -0.3 is 5.73 Å². The second-order valence-electron chi connectivity index (χ2n) is 3.26. The minimum atomic E-state index is 0.490. The van der Waals surface area contributed by atoms with Crippen molar-refractivity contribution in [3.05, 3.63) is 33.2 Å². The lowest BCUT2D eigenvalue weighted by molar-refractivity contribution is 1.04. The molecule has 0 radical (unpaired) electrons. The Morgan fingerprint density at radius 3 is 2.88 bits per heavy atom. The summed E-state index contributed by atoms with van der Waals surface area (Å²) in [5.41, 5.74) is 7.66. The van der Waals surface area contributed by atoms with Crippen molar-refractivity contribution in [1.82, 2.24) is 10.2 Å². The minimum absolute atomic E-state index is 0.490. The number of nitrogen functional groups attached to an aromatic ring is 1. The van der Waals surface area contributed by atoms with Crippen molar-refractivity contribution in [2.45, 2.75) is 17.6 Å². The Morgan fingerprint density at radius 2 is 2.25 bits per heavy atom. The molecule has 1 heterocycles. The standard InChI is InChI=1S/C10H10ClN3S2/c1-6-4-7(12)2-3-8(6)15-5-9-13-14-10(11)16-9/h2-4H,5,12H2,1H3. The molecule has 2 N–H and O–H groups in total. The zero-order chi connectivity index (χ0) is 11.5. The number of nitrogens with zero attached hydrogens (tertiary/aromatic N) is 2. The van der Waals surface area contributed by atoms with E-state index in [1.165, 1.54) is 21.8 Å². The second-order valence-corrected chi connectivity index (χ2v) is 5.92. The number of hydrogen-bond donors (Lipinski definition) is 1. The summed E-state index contributed by atoms with van der Waals surface area (Å²) in [5, 5.41) is 8.67. The average Bonchev–Trinajstić information content (AvgIpc) is 2.63. The molecule has 0 aliphatic rings. The van der Waals surface area contributed by atoms with Gasteiger partial charge in [-0.2, -0.15) is 0 Å². The van der Waals surface area contributed by atoms with Gasteiger partial charge in [0.2, 0.25) is 4.47 Å². The smallest absolute Gasteiger partial charge is 0.207 e. The van der Waals surface area contributed by atoms with Gasteiger partial charge in [-0.1, -0.05) is 11.3 Å². The third-order valence-electron chi connectivity index (χ3n) is 1.99. The van der Waals surface area contributed by atoms with Gasteiger partial charge in [-0.25, -0.2) is 0 Å². The van der Waals surface area contributed by atoms with Gasteiger partial charge in [0.15, 0.2) is 0 Å². The molecule has 0 fully saturated rings. The number of aryl methyl sites for hydroxylation is 1. The molecule has 0 aliphatic heterocycles. The summed E-state index contributed by atoms with van der Waals surface area (Å²) in [6.07, 6.45) is 0. The van der Waals surface area contributed by atoms with Crippen LogP contribution in [0.2, 0.25) is 4.47 Å². The molecule has 1 aromatic heterocycles. The Bertz CT molecular complexity index is 499. The third kappa shape index (κ3) is 2.87. The molecule has 0 atom stereocenters. The maximum absolute atomic E-state index is 5.71. The fourth-order valence-corrected chi connectivity index (χ4v) is 3.13. The minimum Gasteiger partial charge on any atom is -0.399 e. The quantitative estimate of drug-likeness (QED) is 0.687. The van der Waals surface area contributed by atoms with E-state index in [4.69, 9.17) is 17.3 Å². The van der Waals surface area contributed by atoms with Crippen molar-refractivity contribution in [1.29, 1.82) is 0 Å². The number of rotatable bonds is 3. The molecular formula is C10H10ClN3S2. The third-order valence-corrected chi connectivity index (χ3v) is 4.38. The first-order chi connectivity index (χ1) is 7.65. The number of aromatic nitrogens is 2. The monoisotopic (exact) mass is 271 g/mol. The Balaban J connectivity index is 2.04. The molecule has 2 aromatic rings. The molecule has 0 spiro atoms. The summed E-state index contributed by atoms with van der Waals surface area (Å²) in [7, 11) is 0. The van der Waals surface area contributed by atoms with Crippen molar-refractivity contribution in [3.8, 4) is 0 Å². The maximum Gasteiger partial charge on any atom is 0.207 e. The highest BCUT2D eigenvalue weighted by Crippen LogP contribution is 2.28. The molecule has 6 heteroatoms. The van der Waals surface area contributed by atoms with Crippen LogP contribution in [0, 0.1) is 6.92 Å². The van der Waals surface area contributed by atoms with Crippen LogP contribution >= 0.6 is 34.7 Å². The summed E-state index contributed by atoms with van der Waals surface area (Å²) in [6.45, 7) is 2.05. The van der Waals surface area contributed by atoms with E-state index in [9.17, 15) is 0 Å². The molecule has 1 aromatic carbocycles. The predicted molar refractivity (Wildman–Crippen MR) is 70.1 cm³/mol. The van der Waals surface area contributed by atoms with Gasteiger partial charge in [-0.15, -0.1) is 22.0 Å². The zero-order valence-corrected chi connectivity index (χ0v) is 11.0. The van der Waals surface area contributed by atoms with E-state index in [1.807, 2.05) is 25.1 Å². The van der Waals surface area contributed by atoms with Crippen LogP contribution in [-0.2, 0) is 5.75 Å². The van der Waals surface area contributed by atoms with Crippen LogP contribution in [0.4, 0.5) is 5.69 Å². The summed E-state index contributed by atoms with van der Waals surface area (Å²) in [4.78, 5) is 1.21. The molecule has 2 rings (SSSR count). The Morgan fingerprint density at radius 1 is 1.44 bits per heavy atom. The fraction of sp³-hybridized carbons (Fsp3) is 0.200. The predicted octanol–water partition coefficient (Wildman–Crippen LogP) is 3.37. The van der Waals surface area contributed by atoms with Gasteiger partial charge in [0.25, 0.3) is 0 Å². The molecule has 84 valence electrons. The van der Waals surface area contributed by atoms with E-state index in [-0.39, 0.29) is 0 Å². The molecule has 0 aliphatic carbocycles. The van der Waals surface area contributed by atoms with Gasteiger partial charge in [-0.3, -0.25) is 0 Å². The van der Waals surface area contributed by atoms with Crippen LogP contribution in [0.5, 0.6) is 0 Å². The van der Waals surface area contributed by atoms with Gasteiger partial charge in [0.1, 0.15) is 5.01 Å². The van der Waals surface area contributed by atoms with E-state index in [0.717, 1.165) is 16.4 Å². The fourth-order valence-electron chi connectivity index (χ4n) is 1.27. The summed E-state index contributed by atoms with van der Waals surface area (Å²) >= 11 is 8.84. The second kappa shape index (κ2) is 5.03. The highest BCUT2D eigenvalue weighted by atomic mass is 35.5. The number of benzene rings is 1. The maximum atomic E-state index is 5.71. The van der Waals surface area contributed by atoms with Gasteiger partial charge in [0.05, 0.1) is 5.75 Å². The topological polar surface area (TPSA) is 51.8 Å². The van der Waals surface area contributed by atoms with Gasteiger partial charge in [0, 0.05) is 10.6 Å². The lowest BCUT2D eigenvalue weighted by atomic mass is 10.2. The summed E-state index contributed by atoms with van der Waals surface area (Å²) in [6, 6.07) is 5.90. The molecular weight excluding hydrogens is 262 g/mol. The molecule has 0 amide bonds. The van der Waals surface area contributed by atoms with Crippen molar-refractivity contribution < 1.29 is 0 Å². The van der Waals surface area contributed by atoms with Crippen LogP contribution < -0.4 is 5.73 Å². The Kier molecular flexibility index (Phi) is 3.68. The largest absolute Gasteiger partial charge is 0.399 e. The number of anilines is 1. The zero-order valence-electron chi connectivity index (χ0n) is 8.61. The van der Waals surface area contributed by atoms with E-state index in [1.54, 1.807) is 11.8 Å². The van der Waals surface area contributed by atoms with Crippen molar-refractivity contribution in [3.63, 3.8) is 0 Å².